The minimum atomic E-state index is -3.72. The van der Waals surface area contributed by atoms with Gasteiger partial charge < -0.3 is 9.87 Å². The van der Waals surface area contributed by atoms with Gasteiger partial charge in [0.25, 0.3) is 0 Å². The van der Waals surface area contributed by atoms with Crippen LogP contribution in [-0.4, -0.2) is 60.8 Å². The van der Waals surface area contributed by atoms with E-state index in [4.69, 9.17) is 0 Å². The van der Waals surface area contributed by atoms with E-state index in [0.29, 0.717) is 25.4 Å². The third-order valence-electron chi connectivity index (χ3n) is 6.00. The van der Waals surface area contributed by atoms with Crippen molar-refractivity contribution < 1.29 is 17.8 Å². The number of carbonyl (C=O) groups excluding carboxylic acids is 1. The Hall–Kier alpha value is -1.29. The van der Waals surface area contributed by atoms with E-state index in [1.807, 2.05) is 4.90 Å². The van der Waals surface area contributed by atoms with Gasteiger partial charge in [-0.05, 0) is 60.8 Å². The fourth-order valence-electron chi connectivity index (χ4n) is 4.48. The summed E-state index contributed by atoms with van der Waals surface area (Å²) in [7, 11) is -3.72. The number of aryl methyl sites for hydroxylation is 2. The molecule has 1 unspecified atom stereocenters. The fourth-order valence-corrected chi connectivity index (χ4v) is 6.28. The number of nitrogens with one attached hydrogen (secondary N) is 2. The molecule has 2 amide bonds. The third-order valence-corrected chi connectivity index (χ3v) is 8.41. The molecule has 1 fully saturated rings. The first-order chi connectivity index (χ1) is 13.3. The van der Waals surface area contributed by atoms with Crippen molar-refractivity contribution in [2.75, 3.05) is 37.0 Å². The number of hydrogen-bond donors (Lipinski definition) is 2. The standard InChI is InChI=1S/C19H27N3O4S2/c1-27(24)9-8-22-11-15(12-22)28(25,26)21-19(23)20-18-16-6-2-4-13(16)10-14-5-3-7-17(14)18/h10,15H,2-9,11-12H2,1H3,(H2,20,21,23). The van der Waals surface area contributed by atoms with E-state index in [1.165, 1.54) is 22.3 Å². The number of urea groups is 1. The third kappa shape index (κ3) is 4.03. The molecule has 1 aromatic carbocycles. The monoisotopic (exact) mass is 425 g/mol. The van der Waals surface area contributed by atoms with Crippen molar-refractivity contribution in [1.29, 1.82) is 0 Å². The lowest BCUT2D eigenvalue weighted by molar-refractivity contribution is 0.195. The summed E-state index contributed by atoms with van der Waals surface area (Å²) in [5.41, 5.74) is 5.78. The molecule has 2 aliphatic carbocycles. The largest absolute Gasteiger partial charge is 0.617 e. The average molecular weight is 426 g/mol. The number of likely N-dealkylation sites (tertiary alicyclic amines) is 1. The van der Waals surface area contributed by atoms with Gasteiger partial charge in [-0.15, -0.1) is 0 Å². The van der Waals surface area contributed by atoms with Crippen LogP contribution in [0.1, 0.15) is 35.1 Å². The van der Waals surface area contributed by atoms with Gasteiger partial charge in [0.15, 0.2) is 0 Å². The summed E-state index contributed by atoms with van der Waals surface area (Å²) in [4.78, 5) is 14.5. The minimum Gasteiger partial charge on any atom is -0.617 e. The molecule has 0 bridgehead atoms. The topological polar surface area (TPSA) is 102 Å². The van der Waals surface area contributed by atoms with Crippen molar-refractivity contribution in [1.82, 2.24) is 9.62 Å². The van der Waals surface area contributed by atoms with Gasteiger partial charge in [-0.2, -0.15) is 0 Å². The molecule has 9 heteroatoms. The van der Waals surface area contributed by atoms with Gasteiger partial charge in [-0.1, -0.05) is 17.2 Å². The Labute approximate surface area is 169 Å². The van der Waals surface area contributed by atoms with E-state index in [-0.39, 0.29) is 0 Å². The molecule has 2 N–H and O–H groups in total. The van der Waals surface area contributed by atoms with E-state index in [1.54, 1.807) is 6.26 Å². The van der Waals surface area contributed by atoms with Crippen LogP contribution in [0.3, 0.4) is 0 Å². The Kier molecular flexibility index (Phi) is 5.61. The van der Waals surface area contributed by atoms with Gasteiger partial charge in [0.05, 0.1) is 6.26 Å². The Balaban J connectivity index is 1.39. The minimum absolute atomic E-state index is 0.371. The zero-order valence-electron chi connectivity index (χ0n) is 16.1. The summed E-state index contributed by atoms with van der Waals surface area (Å²) in [6.07, 6.45) is 7.70. The molecule has 1 aromatic rings. The molecule has 7 nitrogen and oxygen atoms in total. The summed E-state index contributed by atoms with van der Waals surface area (Å²) < 4.78 is 38.4. The highest BCUT2D eigenvalue weighted by Crippen LogP contribution is 2.38. The van der Waals surface area contributed by atoms with Gasteiger partial charge >= 0.3 is 6.03 Å². The second-order valence-electron chi connectivity index (χ2n) is 7.99. The SMILES string of the molecule is C[S+]([O-])CCN1CC(S(=O)(=O)NC(=O)Nc2c3c(cc4c2CCC4)CCC3)C1. The Bertz CT molecular complexity index is 847. The second-order valence-corrected chi connectivity index (χ2v) is 11.5. The first-order valence-corrected chi connectivity index (χ1v) is 13.1. The zero-order chi connectivity index (χ0) is 19.9. The van der Waals surface area contributed by atoms with E-state index in [0.717, 1.165) is 44.2 Å². The highest BCUT2D eigenvalue weighted by molar-refractivity contribution is 7.91. The molecule has 0 aromatic heterocycles. The smallest absolute Gasteiger partial charge is 0.332 e. The van der Waals surface area contributed by atoms with Crippen LogP contribution in [0.5, 0.6) is 0 Å². The molecule has 28 heavy (non-hydrogen) atoms. The van der Waals surface area contributed by atoms with E-state index < -0.39 is 32.5 Å². The number of nitrogens with zero attached hydrogens (tertiary/aromatic N) is 1. The molecule has 4 rings (SSSR count). The first kappa shape index (κ1) is 20.0. The second kappa shape index (κ2) is 7.85. The van der Waals surface area contributed by atoms with Crippen LogP contribution in [0, 0.1) is 0 Å². The Morgan fingerprint density at radius 2 is 1.79 bits per heavy atom. The van der Waals surface area contributed by atoms with Crippen LogP contribution in [0.15, 0.2) is 6.07 Å². The maximum atomic E-state index is 12.5. The highest BCUT2D eigenvalue weighted by atomic mass is 32.2. The van der Waals surface area contributed by atoms with Gasteiger partial charge in [0.2, 0.25) is 10.0 Å². The van der Waals surface area contributed by atoms with Crippen LogP contribution in [0.2, 0.25) is 0 Å². The summed E-state index contributed by atoms with van der Waals surface area (Å²) in [6.45, 7) is 1.36. The lowest BCUT2D eigenvalue weighted by Gasteiger charge is -2.38. The van der Waals surface area contributed by atoms with Gasteiger partial charge in [0, 0.05) is 25.3 Å². The fraction of sp³-hybridized carbons (Fsp3) is 0.632. The quantitative estimate of drug-likeness (QED) is 0.667. The number of fused-ring (bicyclic) bond motifs is 2. The van der Waals surface area contributed by atoms with Gasteiger partial charge in [-0.25, -0.2) is 17.9 Å². The maximum absolute atomic E-state index is 12.5. The molecule has 0 saturated carbocycles. The molecular weight excluding hydrogens is 398 g/mol. The van der Waals surface area contributed by atoms with E-state index in [9.17, 15) is 17.8 Å². The van der Waals surface area contributed by atoms with Crippen molar-refractivity contribution in [3.05, 3.63) is 28.3 Å². The zero-order valence-corrected chi connectivity index (χ0v) is 17.8. The number of benzene rings is 1. The van der Waals surface area contributed by atoms with Crippen LogP contribution < -0.4 is 10.0 Å². The molecule has 0 radical (unpaired) electrons. The van der Waals surface area contributed by atoms with Crippen molar-refractivity contribution in [2.45, 2.75) is 43.8 Å². The van der Waals surface area contributed by atoms with Crippen LogP contribution in [0.4, 0.5) is 10.5 Å². The van der Waals surface area contributed by atoms with Crippen LogP contribution >= 0.6 is 0 Å². The van der Waals surface area contributed by atoms with E-state index >= 15 is 0 Å². The Morgan fingerprint density at radius 3 is 2.36 bits per heavy atom. The first-order valence-electron chi connectivity index (χ1n) is 9.85. The number of amides is 2. The summed E-state index contributed by atoms with van der Waals surface area (Å²) in [6, 6.07) is 1.61. The summed E-state index contributed by atoms with van der Waals surface area (Å²) in [5, 5.41) is 2.27. The molecule has 1 atom stereocenters. The maximum Gasteiger partial charge on any atom is 0.332 e. The molecule has 1 heterocycles. The van der Waals surface area contributed by atoms with Crippen molar-refractivity contribution in [3.63, 3.8) is 0 Å². The van der Waals surface area contributed by atoms with Crippen molar-refractivity contribution in [2.24, 2.45) is 0 Å². The lowest BCUT2D eigenvalue weighted by atomic mass is 9.99. The number of carbonyl (C=O) groups is 1. The highest BCUT2D eigenvalue weighted by Gasteiger charge is 2.38. The summed E-state index contributed by atoms with van der Waals surface area (Å²) in [5.74, 6) is 0.533. The van der Waals surface area contributed by atoms with Gasteiger partial charge in [0.1, 0.15) is 11.0 Å². The van der Waals surface area contributed by atoms with Crippen molar-refractivity contribution >= 4 is 32.9 Å². The molecular formula is C19H27N3O4S2. The number of sulfonamides is 1. The number of hydrogen-bond acceptors (Lipinski definition) is 5. The predicted octanol–water partition coefficient (Wildman–Crippen LogP) is 1.18. The predicted molar refractivity (Wildman–Crippen MR) is 111 cm³/mol. The van der Waals surface area contributed by atoms with Gasteiger partial charge in [-0.3, -0.25) is 4.90 Å². The molecule has 1 aliphatic heterocycles. The number of rotatable bonds is 6. The van der Waals surface area contributed by atoms with Crippen molar-refractivity contribution in [3.8, 4) is 0 Å². The normalized spacial score (nSPS) is 20.4. The molecule has 3 aliphatic rings. The molecule has 1 saturated heterocycles. The average Bonchev–Trinajstić information content (AvgIpc) is 3.20. The Morgan fingerprint density at radius 1 is 1.18 bits per heavy atom. The number of anilines is 1. The molecule has 154 valence electrons. The van der Waals surface area contributed by atoms with E-state index in [2.05, 4.69) is 16.1 Å². The van der Waals surface area contributed by atoms with Crippen LogP contribution in [-0.2, 0) is 46.9 Å². The molecule has 0 spiro atoms. The van der Waals surface area contributed by atoms with Crippen LogP contribution in [0.25, 0.3) is 0 Å². The summed E-state index contributed by atoms with van der Waals surface area (Å²) >= 11 is -0.889. The lowest BCUT2D eigenvalue weighted by Crippen LogP contribution is -2.59.